The number of allylic oxidation sites excluding steroid dienone is 2. The van der Waals surface area contributed by atoms with Gasteiger partial charge in [0.2, 0.25) is 0 Å². The normalized spacial score (nSPS) is 21.1. The van der Waals surface area contributed by atoms with Gasteiger partial charge in [-0.25, -0.2) is 0 Å². The lowest BCUT2D eigenvalue weighted by Crippen LogP contribution is -2.29. The molecular formula is C25H21IN2O3. The summed E-state index contributed by atoms with van der Waals surface area (Å²) in [7, 11) is 0. The maximum atomic E-state index is 10.8. The van der Waals surface area contributed by atoms with Crippen LogP contribution in [0.4, 0.5) is 11.4 Å². The molecule has 1 heterocycles. The third-order valence-electron chi connectivity index (χ3n) is 6.12. The minimum Gasteiger partial charge on any atom is -0.489 e. The van der Waals surface area contributed by atoms with Crippen LogP contribution in [0.3, 0.4) is 0 Å². The third kappa shape index (κ3) is 4.04. The molecule has 1 aliphatic carbocycles. The average Bonchev–Trinajstić information content (AvgIpc) is 3.28. The van der Waals surface area contributed by atoms with Crippen LogP contribution in [0.2, 0.25) is 0 Å². The number of benzene rings is 3. The number of non-ortho nitro benzene ring substituents is 1. The molecule has 31 heavy (non-hydrogen) atoms. The van der Waals surface area contributed by atoms with E-state index >= 15 is 0 Å². The molecule has 3 aromatic carbocycles. The van der Waals surface area contributed by atoms with E-state index in [4.69, 9.17) is 4.74 Å². The van der Waals surface area contributed by atoms with Gasteiger partial charge in [-0.2, -0.15) is 0 Å². The highest BCUT2D eigenvalue weighted by Crippen LogP contribution is 2.50. The summed E-state index contributed by atoms with van der Waals surface area (Å²) in [6, 6.07) is 21.6. The van der Waals surface area contributed by atoms with Crippen molar-refractivity contribution in [2.45, 2.75) is 25.0 Å². The van der Waals surface area contributed by atoms with Gasteiger partial charge in [0.1, 0.15) is 12.4 Å². The Labute approximate surface area is 194 Å². The number of fused-ring (bicyclic) bond motifs is 3. The van der Waals surface area contributed by atoms with E-state index in [2.05, 4.69) is 70.4 Å². The van der Waals surface area contributed by atoms with Crippen LogP contribution in [-0.2, 0) is 6.61 Å². The summed E-state index contributed by atoms with van der Waals surface area (Å²) in [6.45, 7) is 0.375. The number of nitro benzene ring substituents is 1. The molecule has 0 saturated carbocycles. The quantitative estimate of drug-likeness (QED) is 0.177. The topological polar surface area (TPSA) is 64.4 Å². The number of hydrogen-bond donors (Lipinski definition) is 1. The van der Waals surface area contributed by atoms with Crippen LogP contribution in [0.1, 0.15) is 35.1 Å². The van der Waals surface area contributed by atoms with Crippen molar-refractivity contribution < 1.29 is 9.66 Å². The largest absolute Gasteiger partial charge is 0.489 e. The van der Waals surface area contributed by atoms with Gasteiger partial charge in [0.15, 0.2) is 0 Å². The van der Waals surface area contributed by atoms with Crippen LogP contribution >= 0.6 is 22.6 Å². The molecule has 1 aliphatic heterocycles. The summed E-state index contributed by atoms with van der Waals surface area (Å²) in [5, 5.41) is 14.5. The van der Waals surface area contributed by atoms with Gasteiger partial charge in [0, 0.05) is 27.3 Å². The molecule has 3 aromatic rings. The first-order valence-corrected chi connectivity index (χ1v) is 11.3. The zero-order valence-corrected chi connectivity index (χ0v) is 18.9. The minimum atomic E-state index is -0.397. The maximum Gasteiger partial charge on any atom is 0.269 e. The third-order valence-corrected chi connectivity index (χ3v) is 6.79. The molecule has 6 heteroatoms. The van der Waals surface area contributed by atoms with Crippen molar-refractivity contribution >= 4 is 34.0 Å². The molecule has 0 saturated heterocycles. The fraction of sp³-hybridized carbons (Fsp3) is 0.200. The van der Waals surface area contributed by atoms with Gasteiger partial charge in [-0.1, -0.05) is 24.3 Å². The van der Waals surface area contributed by atoms with E-state index in [9.17, 15) is 10.1 Å². The van der Waals surface area contributed by atoms with Crippen LogP contribution in [-0.4, -0.2) is 4.92 Å². The van der Waals surface area contributed by atoms with E-state index in [0.717, 1.165) is 17.7 Å². The maximum absolute atomic E-state index is 10.8. The van der Waals surface area contributed by atoms with Gasteiger partial charge in [0.25, 0.3) is 5.69 Å². The van der Waals surface area contributed by atoms with Crippen molar-refractivity contribution in [3.05, 3.63) is 109 Å². The van der Waals surface area contributed by atoms with Crippen molar-refractivity contribution in [3.63, 3.8) is 0 Å². The summed E-state index contributed by atoms with van der Waals surface area (Å²) in [4.78, 5) is 10.4. The number of rotatable bonds is 5. The van der Waals surface area contributed by atoms with Gasteiger partial charge < -0.3 is 10.1 Å². The molecule has 0 amide bonds. The second-order valence-corrected chi connectivity index (χ2v) is 9.23. The first-order valence-electron chi connectivity index (χ1n) is 10.3. The minimum absolute atomic E-state index is 0.0871. The molecule has 0 spiro atoms. The van der Waals surface area contributed by atoms with Crippen molar-refractivity contribution in [2.75, 3.05) is 5.32 Å². The van der Waals surface area contributed by atoms with Crippen molar-refractivity contribution in [1.82, 2.24) is 0 Å². The Kier molecular flexibility index (Phi) is 5.40. The molecule has 5 nitrogen and oxygen atoms in total. The molecule has 3 atom stereocenters. The molecule has 0 radical (unpaired) electrons. The first-order chi connectivity index (χ1) is 15.1. The molecule has 0 aromatic heterocycles. The zero-order chi connectivity index (χ0) is 21.4. The SMILES string of the molecule is O=[N+]([O-])c1ccc(COc2ccc([C@@H]3Nc4ccc(I)cc4[C@@H]4C=CC[C@@H]43)cc2)cc1. The van der Waals surface area contributed by atoms with Crippen molar-refractivity contribution in [2.24, 2.45) is 5.92 Å². The Morgan fingerprint density at radius 3 is 2.58 bits per heavy atom. The highest BCUT2D eigenvalue weighted by atomic mass is 127. The monoisotopic (exact) mass is 524 g/mol. The molecule has 156 valence electrons. The number of nitrogens with zero attached hydrogens (tertiary/aromatic N) is 1. The molecule has 0 fully saturated rings. The standard InChI is InChI=1S/C25H21IN2O3/c26-18-8-13-24-23(14-18)21-2-1-3-22(21)25(27-24)17-6-11-20(12-7-17)31-15-16-4-9-19(10-5-16)28(29)30/h1-2,4-14,21-22,25,27H,3,15H2/t21-,22+,25+/m1/s1. The number of nitro groups is 1. The second-order valence-electron chi connectivity index (χ2n) is 7.99. The summed E-state index contributed by atoms with van der Waals surface area (Å²) in [5.74, 6) is 1.75. The van der Waals surface area contributed by atoms with Crippen molar-refractivity contribution in [3.8, 4) is 5.75 Å². The fourth-order valence-corrected chi connectivity index (χ4v) is 5.06. The predicted molar refractivity (Wildman–Crippen MR) is 129 cm³/mol. The van der Waals surface area contributed by atoms with Gasteiger partial charge in [-0.3, -0.25) is 10.1 Å². The van der Waals surface area contributed by atoms with Gasteiger partial charge in [0.05, 0.1) is 11.0 Å². The summed E-state index contributed by atoms with van der Waals surface area (Å²) >= 11 is 2.38. The molecular weight excluding hydrogens is 503 g/mol. The molecule has 2 aliphatic rings. The second kappa shape index (κ2) is 8.34. The summed E-state index contributed by atoms with van der Waals surface area (Å²) in [6.07, 6.45) is 5.74. The van der Waals surface area contributed by atoms with E-state index in [1.807, 2.05) is 12.1 Å². The van der Waals surface area contributed by atoms with Crippen LogP contribution < -0.4 is 10.1 Å². The summed E-state index contributed by atoms with van der Waals surface area (Å²) in [5.41, 5.74) is 4.85. The highest BCUT2D eigenvalue weighted by Gasteiger charge is 2.37. The summed E-state index contributed by atoms with van der Waals surface area (Å²) < 4.78 is 7.16. The van der Waals surface area contributed by atoms with Gasteiger partial charge >= 0.3 is 0 Å². The number of halogens is 1. The molecule has 1 N–H and O–H groups in total. The predicted octanol–water partition coefficient (Wildman–Crippen LogP) is 6.60. The lowest BCUT2D eigenvalue weighted by Gasteiger charge is -2.37. The van der Waals surface area contributed by atoms with Crippen LogP contribution in [0.5, 0.6) is 5.75 Å². The van der Waals surface area contributed by atoms with Crippen LogP contribution in [0.15, 0.2) is 78.9 Å². The Morgan fingerprint density at radius 2 is 1.84 bits per heavy atom. The van der Waals surface area contributed by atoms with E-state index in [1.165, 1.54) is 32.5 Å². The van der Waals surface area contributed by atoms with E-state index in [0.29, 0.717) is 18.4 Å². The van der Waals surface area contributed by atoms with Gasteiger partial charge in [-0.15, -0.1) is 0 Å². The smallest absolute Gasteiger partial charge is 0.269 e. The Morgan fingerprint density at radius 1 is 1.06 bits per heavy atom. The fourth-order valence-electron chi connectivity index (χ4n) is 4.55. The number of ether oxygens (including phenoxy) is 1. The number of nitrogens with one attached hydrogen (secondary N) is 1. The average molecular weight is 524 g/mol. The first kappa shape index (κ1) is 20.1. The van der Waals surface area contributed by atoms with Gasteiger partial charge in [-0.05, 0) is 94.1 Å². The number of anilines is 1. The number of hydrogen-bond acceptors (Lipinski definition) is 4. The highest BCUT2D eigenvalue weighted by molar-refractivity contribution is 14.1. The lowest BCUT2D eigenvalue weighted by molar-refractivity contribution is -0.384. The van der Waals surface area contributed by atoms with E-state index in [-0.39, 0.29) is 11.7 Å². The Balaban J connectivity index is 1.30. The zero-order valence-electron chi connectivity index (χ0n) is 16.7. The van der Waals surface area contributed by atoms with Crippen LogP contribution in [0, 0.1) is 19.6 Å². The molecule has 0 unspecified atom stereocenters. The van der Waals surface area contributed by atoms with Crippen LogP contribution in [0.25, 0.3) is 0 Å². The Hall–Kier alpha value is -2.87. The molecule has 5 rings (SSSR count). The van der Waals surface area contributed by atoms with E-state index in [1.54, 1.807) is 12.1 Å². The van der Waals surface area contributed by atoms with E-state index < -0.39 is 4.92 Å². The molecule has 0 bridgehead atoms. The lowest BCUT2D eigenvalue weighted by atomic mass is 9.77. The Bertz CT molecular complexity index is 1140. The van der Waals surface area contributed by atoms with Crippen molar-refractivity contribution in [1.29, 1.82) is 0 Å².